The van der Waals surface area contributed by atoms with Crippen LogP contribution in [-0.2, 0) is 4.79 Å². The van der Waals surface area contributed by atoms with Gasteiger partial charge in [-0.2, -0.15) is 11.8 Å². The van der Waals surface area contributed by atoms with Crippen molar-refractivity contribution in [3.63, 3.8) is 0 Å². The largest absolute Gasteiger partial charge is 0.392 e. The van der Waals surface area contributed by atoms with Crippen molar-refractivity contribution in [2.24, 2.45) is 0 Å². The number of urea groups is 1. The predicted octanol–water partition coefficient (Wildman–Crippen LogP) is 2.49. The van der Waals surface area contributed by atoms with Crippen LogP contribution in [0, 0.1) is 0 Å². The number of carbonyl (C=O) groups is 2. The number of rotatable bonds is 11. The van der Waals surface area contributed by atoms with E-state index < -0.39 is 0 Å². The zero-order chi connectivity index (χ0) is 19.6. The van der Waals surface area contributed by atoms with E-state index in [1.165, 1.54) is 5.57 Å². The molecule has 0 aromatic heterocycles. The summed E-state index contributed by atoms with van der Waals surface area (Å²) < 4.78 is 0. The van der Waals surface area contributed by atoms with Crippen LogP contribution < -0.4 is 16.0 Å². The third kappa shape index (κ3) is 7.58. The number of hydrogen-bond donors (Lipinski definition) is 4. The lowest BCUT2D eigenvalue weighted by Crippen LogP contribution is -2.36. The Balaban J connectivity index is 1.53. The molecule has 2 saturated heterocycles. The van der Waals surface area contributed by atoms with E-state index in [0.29, 0.717) is 18.2 Å². The van der Waals surface area contributed by atoms with Crippen LogP contribution in [0.2, 0.25) is 0 Å². The molecule has 0 aromatic rings. The number of nitrogens with one attached hydrogen (secondary N) is 3. The van der Waals surface area contributed by atoms with Gasteiger partial charge in [0, 0.05) is 24.0 Å². The molecular formula is C20H33N3O3S. The van der Waals surface area contributed by atoms with Gasteiger partial charge < -0.3 is 21.1 Å². The van der Waals surface area contributed by atoms with E-state index in [-0.39, 0.29) is 30.6 Å². The van der Waals surface area contributed by atoms with Crippen molar-refractivity contribution < 1.29 is 14.7 Å². The number of thioether (sulfide) groups is 1. The minimum Gasteiger partial charge on any atom is -0.392 e. The van der Waals surface area contributed by atoms with E-state index >= 15 is 0 Å². The normalized spacial score (nSPS) is 25.1. The number of hydrogen-bond acceptors (Lipinski definition) is 4. The molecule has 6 nitrogen and oxygen atoms in total. The number of aliphatic hydroxyl groups excluding tert-OH is 1. The minimum atomic E-state index is -0.0438. The summed E-state index contributed by atoms with van der Waals surface area (Å²) in [6.07, 6.45) is 9.33. The van der Waals surface area contributed by atoms with Gasteiger partial charge in [-0.05, 0) is 39.5 Å². The van der Waals surface area contributed by atoms with Gasteiger partial charge >= 0.3 is 6.03 Å². The van der Waals surface area contributed by atoms with Gasteiger partial charge in [-0.15, -0.1) is 0 Å². The van der Waals surface area contributed by atoms with Crippen LogP contribution in [0.5, 0.6) is 0 Å². The fraction of sp³-hybridized carbons (Fsp3) is 0.700. The monoisotopic (exact) mass is 395 g/mol. The van der Waals surface area contributed by atoms with Crippen LogP contribution in [-0.4, -0.2) is 53.3 Å². The van der Waals surface area contributed by atoms with Crippen LogP contribution in [0.3, 0.4) is 0 Å². The van der Waals surface area contributed by atoms with E-state index in [1.54, 1.807) is 0 Å². The van der Waals surface area contributed by atoms with Crippen molar-refractivity contribution in [2.45, 2.75) is 69.7 Å². The van der Waals surface area contributed by atoms with Gasteiger partial charge in [0.15, 0.2) is 0 Å². The standard InChI is InChI=1S/C20H33N3O3S/c1-14(10-11-24)6-5-7-15(2)12-21-18(25)9-4-3-8-17-19-16(13-27-17)22-20(26)23-19/h7,10,16-17,19,24H,3-6,8-9,11-13H2,1-2H3,(H,21,25)(H2,22,23,26)/b14-10+,15-7+/t16-,17-,19-/m0/s1. The molecule has 4 N–H and O–H groups in total. The molecule has 2 aliphatic heterocycles. The van der Waals surface area contributed by atoms with Crippen LogP contribution in [0.25, 0.3) is 0 Å². The molecule has 0 radical (unpaired) electrons. The smallest absolute Gasteiger partial charge is 0.315 e. The lowest BCUT2D eigenvalue weighted by Gasteiger charge is -2.16. The molecule has 0 aliphatic carbocycles. The Labute approximate surface area is 166 Å². The summed E-state index contributed by atoms with van der Waals surface area (Å²) >= 11 is 1.92. The van der Waals surface area contributed by atoms with Crippen molar-refractivity contribution in [3.8, 4) is 0 Å². The Hall–Kier alpha value is -1.47. The quantitative estimate of drug-likeness (QED) is 0.246. The first-order chi connectivity index (χ1) is 13.0. The fourth-order valence-electron chi connectivity index (χ4n) is 3.48. The molecule has 2 fully saturated rings. The first-order valence-electron chi connectivity index (χ1n) is 9.87. The molecule has 0 bridgehead atoms. The van der Waals surface area contributed by atoms with Gasteiger partial charge in [0.25, 0.3) is 0 Å². The van der Waals surface area contributed by atoms with E-state index in [2.05, 4.69) is 22.0 Å². The molecule has 3 atom stereocenters. The van der Waals surface area contributed by atoms with Crippen molar-refractivity contribution in [3.05, 3.63) is 23.3 Å². The third-order valence-corrected chi connectivity index (χ3v) is 6.62. The zero-order valence-corrected chi connectivity index (χ0v) is 17.2. The summed E-state index contributed by atoms with van der Waals surface area (Å²) in [6.45, 7) is 4.74. The van der Waals surface area contributed by atoms with Crippen molar-refractivity contribution in [1.82, 2.24) is 16.0 Å². The Morgan fingerprint density at radius 2 is 2.04 bits per heavy atom. The molecular weight excluding hydrogens is 362 g/mol. The third-order valence-electron chi connectivity index (χ3n) is 5.12. The first-order valence-corrected chi connectivity index (χ1v) is 10.9. The van der Waals surface area contributed by atoms with E-state index in [9.17, 15) is 9.59 Å². The van der Waals surface area contributed by atoms with Gasteiger partial charge in [-0.1, -0.05) is 29.7 Å². The van der Waals surface area contributed by atoms with Gasteiger partial charge in [-0.25, -0.2) is 4.79 Å². The Morgan fingerprint density at radius 3 is 2.81 bits per heavy atom. The molecule has 27 heavy (non-hydrogen) atoms. The highest BCUT2D eigenvalue weighted by Gasteiger charge is 2.42. The van der Waals surface area contributed by atoms with Gasteiger partial charge in [-0.3, -0.25) is 4.79 Å². The van der Waals surface area contributed by atoms with Crippen molar-refractivity contribution in [1.29, 1.82) is 0 Å². The van der Waals surface area contributed by atoms with Crippen molar-refractivity contribution in [2.75, 3.05) is 18.9 Å². The highest BCUT2D eigenvalue weighted by molar-refractivity contribution is 8.00. The summed E-state index contributed by atoms with van der Waals surface area (Å²) in [6, 6.07) is 0.478. The molecule has 3 amide bonds. The number of unbranched alkanes of at least 4 members (excludes halogenated alkanes) is 1. The number of allylic oxidation sites excluding steroid dienone is 2. The Morgan fingerprint density at radius 1 is 1.22 bits per heavy atom. The van der Waals surface area contributed by atoms with E-state index in [0.717, 1.165) is 43.4 Å². The molecule has 0 saturated carbocycles. The summed E-state index contributed by atoms with van der Waals surface area (Å²) in [4.78, 5) is 23.4. The lowest BCUT2D eigenvalue weighted by atomic mass is 10.0. The predicted molar refractivity (Wildman–Crippen MR) is 111 cm³/mol. The van der Waals surface area contributed by atoms with Crippen LogP contribution in [0.4, 0.5) is 4.79 Å². The SMILES string of the molecule is C/C(=C\CO)CC/C=C(\C)CNC(=O)CCCC[C@@H]1SC[C@@H]2NC(=O)N[C@@H]21. The Bertz CT molecular complexity index is 577. The maximum atomic E-state index is 12.0. The second-order valence-electron chi connectivity index (χ2n) is 7.47. The summed E-state index contributed by atoms with van der Waals surface area (Å²) in [7, 11) is 0. The van der Waals surface area contributed by atoms with Crippen LogP contribution in [0.1, 0.15) is 52.4 Å². The molecule has 152 valence electrons. The summed E-state index contributed by atoms with van der Waals surface area (Å²) in [5, 5.41) is 18.2. The molecule has 2 aliphatic rings. The van der Waals surface area contributed by atoms with Crippen molar-refractivity contribution >= 4 is 23.7 Å². The van der Waals surface area contributed by atoms with E-state index in [1.807, 2.05) is 31.7 Å². The number of fused-ring (bicyclic) bond motifs is 1. The highest BCUT2D eigenvalue weighted by atomic mass is 32.2. The molecule has 2 rings (SSSR count). The van der Waals surface area contributed by atoms with Crippen LogP contribution >= 0.6 is 11.8 Å². The first kappa shape index (κ1) is 21.8. The molecule has 2 heterocycles. The average molecular weight is 396 g/mol. The van der Waals surface area contributed by atoms with E-state index in [4.69, 9.17) is 5.11 Å². The van der Waals surface area contributed by atoms with Gasteiger partial charge in [0.2, 0.25) is 5.91 Å². The number of amides is 3. The number of aliphatic hydroxyl groups is 1. The maximum absolute atomic E-state index is 12.0. The average Bonchev–Trinajstić information content (AvgIpc) is 3.16. The summed E-state index contributed by atoms with van der Waals surface area (Å²) in [5.74, 6) is 1.09. The zero-order valence-electron chi connectivity index (χ0n) is 16.4. The molecule has 0 aromatic carbocycles. The fourth-order valence-corrected chi connectivity index (χ4v) is 5.02. The maximum Gasteiger partial charge on any atom is 0.315 e. The van der Waals surface area contributed by atoms with Gasteiger partial charge in [0.1, 0.15) is 0 Å². The highest BCUT2D eigenvalue weighted by Crippen LogP contribution is 2.33. The topological polar surface area (TPSA) is 90.5 Å². The molecule has 7 heteroatoms. The molecule has 0 unspecified atom stereocenters. The number of carbonyl (C=O) groups excluding carboxylic acids is 2. The second-order valence-corrected chi connectivity index (χ2v) is 8.74. The Kier molecular flexibility index (Phi) is 9.21. The minimum absolute atomic E-state index is 0.0438. The van der Waals surface area contributed by atoms with Crippen LogP contribution in [0.15, 0.2) is 23.3 Å². The lowest BCUT2D eigenvalue weighted by molar-refractivity contribution is -0.121. The second kappa shape index (κ2) is 11.4. The summed E-state index contributed by atoms with van der Waals surface area (Å²) in [5.41, 5.74) is 2.35. The molecule has 0 spiro atoms. The van der Waals surface area contributed by atoms with Gasteiger partial charge in [0.05, 0.1) is 18.7 Å².